The summed E-state index contributed by atoms with van der Waals surface area (Å²) in [5, 5.41) is 0. The molecule has 0 aliphatic heterocycles. The summed E-state index contributed by atoms with van der Waals surface area (Å²) in [4.78, 5) is 0. The van der Waals surface area contributed by atoms with Gasteiger partial charge in [0.15, 0.2) is 0 Å². The Morgan fingerprint density at radius 1 is 1.50 bits per heavy atom. The van der Waals surface area contributed by atoms with Gasteiger partial charge in [-0.1, -0.05) is 13.0 Å². The summed E-state index contributed by atoms with van der Waals surface area (Å²) < 4.78 is 5.02. The molecule has 3 heteroatoms. The van der Waals surface area contributed by atoms with Gasteiger partial charge in [-0.15, -0.1) is 0 Å². The first-order chi connectivity index (χ1) is 3.27. The van der Waals surface area contributed by atoms with Gasteiger partial charge in [0.25, 0.3) is 0 Å². The minimum atomic E-state index is 0. The van der Waals surface area contributed by atoms with Gasteiger partial charge in [0.05, 0.1) is 0 Å². The maximum absolute atomic E-state index is 5.02. The second-order valence-electron chi connectivity index (χ2n) is 1.53. The Kier molecular flexibility index (Phi) is 39.4. The van der Waals surface area contributed by atoms with Crippen molar-refractivity contribution in [1.82, 2.24) is 0 Å². The third-order valence-electron chi connectivity index (χ3n) is 0.547. The minimum Gasteiger partial charge on any atom is -0.413 e. The molecule has 0 unspecified atom stereocenters. The fourth-order valence-corrected chi connectivity index (χ4v) is 0.285. The first kappa shape index (κ1) is 22.7. The second-order valence-corrected chi connectivity index (χ2v) is 1.53. The number of ether oxygens (including phenoxy) is 1. The Balaban J connectivity index is -0.0000000600. The van der Waals surface area contributed by atoms with E-state index in [0.29, 0.717) is 0 Å². The van der Waals surface area contributed by atoms with Gasteiger partial charge < -0.3 is 26.0 Å². The first-order valence-electron chi connectivity index (χ1n) is 2.51. The van der Waals surface area contributed by atoms with Crippen LogP contribution < -0.4 is 0 Å². The summed E-state index contributed by atoms with van der Waals surface area (Å²) in [6.07, 6.45) is 0.946. The van der Waals surface area contributed by atoms with Crippen LogP contribution in [0.3, 0.4) is 0 Å². The average Bonchev–Trinajstić information content (AvgIpc) is 1.61. The molecular formula is C7H15OY2. The number of hydrogen-bond acceptors (Lipinski definition) is 1. The van der Waals surface area contributed by atoms with Gasteiger partial charge in [0.2, 0.25) is 0 Å². The van der Waals surface area contributed by atoms with E-state index in [1.165, 1.54) is 0 Å². The molecule has 10 heavy (non-hydrogen) atoms. The fraction of sp³-hybridized carbons (Fsp3) is 0.571. The molecule has 0 aromatic rings. The van der Waals surface area contributed by atoms with E-state index in [-0.39, 0.29) is 78.9 Å². The minimum absolute atomic E-state index is 0. The van der Waals surface area contributed by atoms with Crippen molar-refractivity contribution in [2.24, 2.45) is 0 Å². The Hall–Kier alpha value is 2.17. The van der Waals surface area contributed by atoms with Gasteiger partial charge in [-0.05, 0) is 0 Å². The second kappa shape index (κ2) is 17.3. The SMILES string of the molecule is [CH2-]CCO[C@H]([CH2-])C.[CH3-].[Y+3].[Y]. The van der Waals surface area contributed by atoms with Crippen LogP contribution in [0.15, 0.2) is 0 Å². The zero-order chi connectivity index (χ0) is 5.70. The van der Waals surface area contributed by atoms with Crippen molar-refractivity contribution < 1.29 is 70.2 Å². The van der Waals surface area contributed by atoms with Crippen molar-refractivity contribution in [3.05, 3.63) is 21.3 Å². The van der Waals surface area contributed by atoms with Crippen LogP contribution >= 0.6 is 0 Å². The van der Waals surface area contributed by atoms with Crippen LogP contribution in [-0.4, -0.2) is 12.7 Å². The van der Waals surface area contributed by atoms with E-state index in [1.807, 2.05) is 6.92 Å². The van der Waals surface area contributed by atoms with E-state index in [9.17, 15) is 0 Å². The van der Waals surface area contributed by atoms with Crippen molar-refractivity contribution in [3.63, 3.8) is 0 Å². The Bertz CT molecular complexity index is 40.6. The third kappa shape index (κ3) is 22.5. The van der Waals surface area contributed by atoms with Gasteiger partial charge in [-0.2, -0.15) is 6.42 Å². The molecule has 0 amide bonds. The summed E-state index contributed by atoms with van der Waals surface area (Å²) in [6, 6.07) is 0. The quantitative estimate of drug-likeness (QED) is 0.722. The van der Waals surface area contributed by atoms with Gasteiger partial charge in [0.1, 0.15) is 0 Å². The molecule has 0 spiro atoms. The van der Waals surface area contributed by atoms with Gasteiger partial charge in [-0.3, -0.25) is 0 Å². The Labute approximate surface area is 116 Å². The maximum Gasteiger partial charge on any atom is 3.00 e. The van der Waals surface area contributed by atoms with Crippen molar-refractivity contribution in [2.75, 3.05) is 6.61 Å². The maximum atomic E-state index is 5.02. The van der Waals surface area contributed by atoms with Crippen molar-refractivity contribution >= 4 is 0 Å². The molecule has 0 fully saturated rings. The molecule has 1 nitrogen and oxygen atoms in total. The molecular weight excluding hydrogens is 278 g/mol. The topological polar surface area (TPSA) is 9.23 Å². The molecule has 0 saturated carbocycles. The van der Waals surface area contributed by atoms with E-state index in [2.05, 4.69) is 13.8 Å². The van der Waals surface area contributed by atoms with Crippen LogP contribution in [0, 0.1) is 21.3 Å². The summed E-state index contributed by atoms with van der Waals surface area (Å²) in [6.45, 7) is 9.87. The smallest absolute Gasteiger partial charge is 0.413 e. The van der Waals surface area contributed by atoms with Gasteiger partial charge in [0, 0.05) is 39.3 Å². The molecule has 1 radical (unpaired) electrons. The molecule has 0 aliphatic rings. The zero-order valence-corrected chi connectivity index (χ0v) is 12.6. The molecule has 0 saturated heterocycles. The van der Waals surface area contributed by atoms with Gasteiger partial charge >= 0.3 is 32.7 Å². The molecule has 1 atom stereocenters. The summed E-state index contributed by atoms with van der Waals surface area (Å²) in [7, 11) is 0. The molecule has 0 N–H and O–H groups in total. The monoisotopic (exact) mass is 293 g/mol. The Morgan fingerprint density at radius 3 is 2.00 bits per heavy atom. The average molecular weight is 293 g/mol. The van der Waals surface area contributed by atoms with Crippen LogP contribution in [-0.2, 0) is 70.2 Å². The van der Waals surface area contributed by atoms with E-state index in [4.69, 9.17) is 4.74 Å². The molecule has 0 aliphatic carbocycles. The standard InChI is InChI=1S/C6H12O.CH3.2Y/c1-4-5-7-6(2)3;;;/h6H,1-2,4-5H2,3H3;1H3;;/q-2;-1;;+3/t6-;;;/m1.../s1. The predicted molar refractivity (Wildman–Crippen MR) is 37.2 cm³/mol. The third-order valence-corrected chi connectivity index (χ3v) is 0.547. The summed E-state index contributed by atoms with van der Waals surface area (Å²) in [5.74, 6) is 0. The fourth-order valence-electron chi connectivity index (χ4n) is 0.285. The predicted octanol–water partition coefficient (Wildman–Crippen LogP) is 1.90. The molecule has 0 rings (SSSR count). The van der Waals surface area contributed by atoms with E-state index in [1.54, 1.807) is 0 Å². The van der Waals surface area contributed by atoms with Crippen molar-refractivity contribution in [2.45, 2.75) is 19.4 Å². The van der Waals surface area contributed by atoms with E-state index >= 15 is 0 Å². The molecule has 55 valence electrons. The largest absolute Gasteiger partial charge is 3.00 e. The molecule has 0 bridgehead atoms. The van der Waals surface area contributed by atoms with Crippen molar-refractivity contribution in [1.29, 1.82) is 0 Å². The molecule has 0 heterocycles. The number of rotatable bonds is 3. The molecule has 0 aromatic carbocycles. The zero-order valence-electron chi connectivity index (χ0n) is 6.97. The van der Waals surface area contributed by atoms with Crippen LogP contribution in [0.25, 0.3) is 0 Å². The Morgan fingerprint density at radius 2 is 1.90 bits per heavy atom. The number of hydrogen-bond donors (Lipinski definition) is 0. The molecule has 0 aromatic heterocycles. The first-order valence-corrected chi connectivity index (χ1v) is 2.51. The summed E-state index contributed by atoms with van der Waals surface area (Å²) in [5.41, 5.74) is 0. The van der Waals surface area contributed by atoms with Crippen LogP contribution in [0.5, 0.6) is 0 Å². The van der Waals surface area contributed by atoms with Crippen molar-refractivity contribution in [3.8, 4) is 0 Å². The van der Waals surface area contributed by atoms with E-state index < -0.39 is 0 Å². The van der Waals surface area contributed by atoms with Gasteiger partial charge in [-0.25, -0.2) is 0 Å². The van der Waals surface area contributed by atoms with E-state index in [0.717, 1.165) is 13.0 Å². The summed E-state index contributed by atoms with van der Waals surface area (Å²) >= 11 is 0. The normalized spacial score (nSPS) is 9.90. The van der Waals surface area contributed by atoms with Crippen LogP contribution in [0.1, 0.15) is 13.3 Å². The van der Waals surface area contributed by atoms with Crippen LogP contribution in [0.4, 0.5) is 0 Å². The van der Waals surface area contributed by atoms with Crippen LogP contribution in [0.2, 0.25) is 0 Å².